The van der Waals surface area contributed by atoms with Gasteiger partial charge in [-0.25, -0.2) is 8.42 Å². The molecule has 2 aromatic heterocycles. The van der Waals surface area contributed by atoms with E-state index in [2.05, 4.69) is 5.32 Å². The van der Waals surface area contributed by atoms with Crippen molar-refractivity contribution in [1.82, 2.24) is 14.2 Å². The van der Waals surface area contributed by atoms with Crippen molar-refractivity contribution in [3.63, 3.8) is 0 Å². The fourth-order valence-corrected chi connectivity index (χ4v) is 5.61. The number of sulfonamides is 1. The van der Waals surface area contributed by atoms with Crippen molar-refractivity contribution >= 4 is 26.8 Å². The molecule has 1 N–H and O–H groups in total. The molecule has 1 amide bonds. The number of nitrogens with zero attached hydrogens (tertiary/aromatic N) is 2. The Hall–Kier alpha value is -2.58. The number of carbonyl (C=O) groups is 1. The first-order chi connectivity index (χ1) is 15.0. The zero-order chi connectivity index (χ0) is 21.7. The molecule has 1 fully saturated rings. The lowest BCUT2D eigenvalue weighted by Gasteiger charge is -2.20. The highest BCUT2D eigenvalue weighted by Gasteiger charge is 2.25. The van der Waals surface area contributed by atoms with Gasteiger partial charge in [0.2, 0.25) is 15.9 Å². The molecule has 0 unspecified atom stereocenters. The summed E-state index contributed by atoms with van der Waals surface area (Å²) in [5.74, 6) is 0.830. The second kappa shape index (κ2) is 9.70. The molecular formula is C23H29N3O4S. The van der Waals surface area contributed by atoms with Crippen LogP contribution >= 0.6 is 0 Å². The van der Waals surface area contributed by atoms with E-state index in [0.29, 0.717) is 43.9 Å². The van der Waals surface area contributed by atoms with Gasteiger partial charge in [-0.05, 0) is 49.2 Å². The number of rotatable bonds is 8. The Morgan fingerprint density at radius 1 is 1.06 bits per heavy atom. The van der Waals surface area contributed by atoms with Crippen LogP contribution in [0.15, 0.2) is 58.2 Å². The molecule has 1 aromatic carbocycles. The number of hydrogen-bond donors (Lipinski definition) is 1. The molecule has 1 aliphatic rings. The number of fused-ring (bicyclic) bond motifs is 1. The Morgan fingerprint density at radius 3 is 2.61 bits per heavy atom. The highest BCUT2D eigenvalue weighted by Crippen LogP contribution is 2.25. The second-order valence-corrected chi connectivity index (χ2v) is 9.92. The summed E-state index contributed by atoms with van der Waals surface area (Å²) in [5.41, 5.74) is 0.929. The molecule has 0 atom stereocenters. The van der Waals surface area contributed by atoms with Crippen LogP contribution in [0.1, 0.15) is 37.9 Å². The molecule has 7 nitrogen and oxygen atoms in total. The zero-order valence-corrected chi connectivity index (χ0v) is 18.4. The summed E-state index contributed by atoms with van der Waals surface area (Å²) >= 11 is 0. The molecule has 4 rings (SSSR count). The first-order valence-corrected chi connectivity index (χ1v) is 12.4. The first-order valence-electron chi connectivity index (χ1n) is 10.9. The van der Waals surface area contributed by atoms with E-state index in [1.807, 2.05) is 35.0 Å². The molecule has 0 spiro atoms. The topological polar surface area (TPSA) is 84.5 Å². The van der Waals surface area contributed by atoms with Gasteiger partial charge < -0.3 is 14.3 Å². The molecule has 0 bridgehead atoms. The normalized spacial score (nSPS) is 15.7. The van der Waals surface area contributed by atoms with Crippen molar-refractivity contribution < 1.29 is 17.6 Å². The van der Waals surface area contributed by atoms with Crippen LogP contribution in [0.2, 0.25) is 0 Å². The maximum Gasteiger partial charge on any atom is 0.243 e. The fraction of sp³-hybridized carbons (Fsp3) is 0.435. The smallest absolute Gasteiger partial charge is 0.243 e. The van der Waals surface area contributed by atoms with Gasteiger partial charge in [0.1, 0.15) is 5.76 Å². The quantitative estimate of drug-likeness (QED) is 0.577. The van der Waals surface area contributed by atoms with E-state index in [9.17, 15) is 13.2 Å². The van der Waals surface area contributed by atoms with E-state index in [0.717, 1.165) is 42.3 Å². The lowest BCUT2D eigenvalue weighted by atomic mass is 10.2. The fourth-order valence-electron chi connectivity index (χ4n) is 4.06. The summed E-state index contributed by atoms with van der Waals surface area (Å²) < 4.78 is 35.0. The third-order valence-corrected chi connectivity index (χ3v) is 7.69. The lowest BCUT2D eigenvalue weighted by molar-refractivity contribution is -0.121. The molecular weight excluding hydrogens is 414 g/mol. The Bertz CT molecular complexity index is 1110. The van der Waals surface area contributed by atoms with E-state index < -0.39 is 10.0 Å². The largest absolute Gasteiger partial charge is 0.469 e. The van der Waals surface area contributed by atoms with Gasteiger partial charge in [-0.3, -0.25) is 4.79 Å². The average molecular weight is 444 g/mol. The third kappa shape index (κ3) is 5.19. The predicted molar refractivity (Wildman–Crippen MR) is 119 cm³/mol. The molecule has 31 heavy (non-hydrogen) atoms. The summed E-state index contributed by atoms with van der Waals surface area (Å²) in [6, 6.07) is 10.9. The Balaban J connectivity index is 1.37. The third-order valence-electron chi connectivity index (χ3n) is 5.80. The second-order valence-electron chi connectivity index (χ2n) is 7.98. The molecule has 0 radical (unpaired) electrons. The Labute approximate surface area is 183 Å². The maximum atomic E-state index is 13.1. The van der Waals surface area contributed by atoms with Crippen LogP contribution in [0.4, 0.5) is 0 Å². The highest BCUT2D eigenvalue weighted by atomic mass is 32.2. The number of aryl methyl sites for hydroxylation is 1. The lowest BCUT2D eigenvalue weighted by Crippen LogP contribution is -2.31. The van der Waals surface area contributed by atoms with Gasteiger partial charge in [-0.1, -0.05) is 12.8 Å². The van der Waals surface area contributed by atoms with Crippen LogP contribution < -0.4 is 5.32 Å². The summed E-state index contributed by atoms with van der Waals surface area (Å²) in [7, 11) is -3.47. The van der Waals surface area contributed by atoms with Crippen LogP contribution in [-0.2, 0) is 27.8 Å². The van der Waals surface area contributed by atoms with Crippen LogP contribution in [0.5, 0.6) is 0 Å². The van der Waals surface area contributed by atoms with Gasteiger partial charge in [-0.2, -0.15) is 4.31 Å². The van der Waals surface area contributed by atoms with Gasteiger partial charge in [0, 0.05) is 56.1 Å². The molecule has 0 aliphatic carbocycles. The molecule has 0 saturated carbocycles. The Morgan fingerprint density at radius 2 is 1.87 bits per heavy atom. The standard InChI is InChI=1S/C23H29N3O4S/c27-23(24-12-9-20-6-5-17-30-20)11-16-25-15-10-19-18-21(7-8-22(19)25)31(28,29)26-13-3-1-2-4-14-26/h5-8,10,15,17-18H,1-4,9,11-14,16H2,(H,24,27). The van der Waals surface area contributed by atoms with Crippen LogP contribution in [0, 0.1) is 0 Å². The number of benzene rings is 1. The number of amides is 1. The van der Waals surface area contributed by atoms with Crippen molar-refractivity contribution in [2.45, 2.75) is 50.0 Å². The van der Waals surface area contributed by atoms with E-state index >= 15 is 0 Å². The number of furan rings is 1. The molecule has 3 aromatic rings. The maximum absolute atomic E-state index is 13.1. The summed E-state index contributed by atoms with van der Waals surface area (Å²) in [6.45, 7) is 2.26. The molecule has 3 heterocycles. The van der Waals surface area contributed by atoms with Crippen molar-refractivity contribution in [1.29, 1.82) is 0 Å². The molecule has 166 valence electrons. The van der Waals surface area contributed by atoms with Gasteiger partial charge in [0.05, 0.1) is 11.2 Å². The first kappa shape index (κ1) is 21.6. The minimum atomic E-state index is -3.47. The van der Waals surface area contributed by atoms with E-state index in [-0.39, 0.29) is 5.91 Å². The summed E-state index contributed by atoms with van der Waals surface area (Å²) in [5, 5.41) is 3.77. The SMILES string of the molecule is O=C(CCn1ccc2cc(S(=O)(=O)N3CCCCCC3)ccc21)NCCc1ccco1. The number of nitrogens with one attached hydrogen (secondary N) is 1. The van der Waals surface area contributed by atoms with E-state index in [1.165, 1.54) is 0 Å². The number of hydrogen-bond acceptors (Lipinski definition) is 4. The van der Waals surface area contributed by atoms with Crippen LogP contribution in [0.3, 0.4) is 0 Å². The van der Waals surface area contributed by atoms with Crippen molar-refractivity contribution in [3.05, 3.63) is 54.6 Å². The highest BCUT2D eigenvalue weighted by molar-refractivity contribution is 7.89. The number of carbonyl (C=O) groups excluding carboxylic acids is 1. The Kier molecular flexibility index (Phi) is 6.77. The van der Waals surface area contributed by atoms with Crippen LogP contribution in [0.25, 0.3) is 10.9 Å². The minimum Gasteiger partial charge on any atom is -0.469 e. The van der Waals surface area contributed by atoms with E-state index in [4.69, 9.17) is 4.42 Å². The van der Waals surface area contributed by atoms with Crippen molar-refractivity contribution in [2.24, 2.45) is 0 Å². The predicted octanol–water partition coefficient (Wildman–Crippen LogP) is 3.55. The summed E-state index contributed by atoms with van der Waals surface area (Å²) in [4.78, 5) is 12.5. The zero-order valence-electron chi connectivity index (χ0n) is 17.6. The monoisotopic (exact) mass is 443 g/mol. The van der Waals surface area contributed by atoms with E-state index in [1.54, 1.807) is 22.7 Å². The van der Waals surface area contributed by atoms with Gasteiger partial charge in [-0.15, -0.1) is 0 Å². The van der Waals surface area contributed by atoms with Gasteiger partial charge >= 0.3 is 0 Å². The van der Waals surface area contributed by atoms with Crippen molar-refractivity contribution in [3.8, 4) is 0 Å². The summed E-state index contributed by atoms with van der Waals surface area (Å²) in [6.07, 6.45) is 8.56. The molecule has 8 heteroatoms. The average Bonchev–Trinajstić information content (AvgIpc) is 3.34. The minimum absolute atomic E-state index is 0.0197. The molecule has 1 aliphatic heterocycles. The van der Waals surface area contributed by atoms with Crippen molar-refractivity contribution in [2.75, 3.05) is 19.6 Å². The van der Waals surface area contributed by atoms with Crippen LogP contribution in [-0.4, -0.2) is 42.8 Å². The molecule has 1 saturated heterocycles. The van der Waals surface area contributed by atoms with Gasteiger partial charge in [0.15, 0.2) is 0 Å². The number of aromatic nitrogens is 1. The van der Waals surface area contributed by atoms with Gasteiger partial charge in [0.25, 0.3) is 0 Å².